The van der Waals surface area contributed by atoms with Gasteiger partial charge in [-0.15, -0.1) is 11.8 Å². The lowest BCUT2D eigenvalue weighted by Crippen LogP contribution is -2.07. The van der Waals surface area contributed by atoms with E-state index >= 15 is 0 Å². The van der Waals surface area contributed by atoms with Crippen LogP contribution in [0.15, 0.2) is 35.2 Å². The molecule has 1 N–H and O–H groups in total. The maximum Gasteiger partial charge on any atom is 0.202 e. The van der Waals surface area contributed by atoms with Gasteiger partial charge in [-0.05, 0) is 12.1 Å². The average molecular weight is 281 g/mol. The van der Waals surface area contributed by atoms with Crippen molar-refractivity contribution >= 4 is 28.4 Å². The lowest BCUT2D eigenvalue weighted by molar-refractivity contribution is 0.211. The van der Waals surface area contributed by atoms with Gasteiger partial charge >= 0.3 is 0 Å². The molecule has 0 aliphatic rings. The Balaban J connectivity index is 1.80. The predicted octanol–water partition coefficient (Wildman–Crippen LogP) is 2.89. The van der Waals surface area contributed by atoms with Gasteiger partial charge in [-0.3, -0.25) is 0 Å². The number of methoxy groups -OCH3 is 1. The molecule has 0 aliphatic heterocycles. The van der Waals surface area contributed by atoms with Crippen molar-refractivity contribution in [3.63, 3.8) is 0 Å². The lowest BCUT2D eigenvalue weighted by atomic mass is 10.4. The van der Waals surface area contributed by atoms with Crippen molar-refractivity contribution in [1.82, 2.24) is 9.36 Å². The number of nitrogens with zero attached hydrogens (tertiary/aromatic N) is 2. The summed E-state index contributed by atoms with van der Waals surface area (Å²) in [5, 5.41) is 4.03. The minimum absolute atomic E-state index is 0.674. The van der Waals surface area contributed by atoms with E-state index in [4.69, 9.17) is 4.74 Å². The first-order valence-corrected chi connectivity index (χ1v) is 7.37. The molecule has 0 bridgehead atoms. The fourth-order valence-corrected chi connectivity index (χ4v) is 2.78. The van der Waals surface area contributed by atoms with Crippen molar-refractivity contribution in [2.24, 2.45) is 0 Å². The van der Waals surface area contributed by atoms with Crippen molar-refractivity contribution in [3.05, 3.63) is 36.2 Å². The summed E-state index contributed by atoms with van der Waals surface area (Å²) in [5.74, 6) is 1.67. The minimum atomic E-state index is 0.674. The second kappa shape index (κ2) is 7.35. The summed E-state index contributed by atoms with van der Waals surface area (Å²) in [6, 6.07) is 10.3. The number of nitrogens with one attached hydrogen (secondary N) is 1. The van der Waals surface area contributed by atoms with E-state index in [0.717, 1.165) is 23.3 Å². The van der Waals surface area contributed by atoms with Crippen molar-refractivity contribution in [1.29, 1.82) is 0 Å². The average Bonchev–Trinajstić information content (AvgIpc) is 2.86. The highest BCUT2D eigenvalue weighted by molar-refractivity contribution is 7.98. The Morgan fingerprint density at radius 2 is 2.17 bits per heavy atom. The van der Waals surface area contributed by atoms with Gasteiger partial charge in [0.1, 0.15) is 0 Å². The summed E-state index contributed by atoms with van der Waals surface area (Å²) in [6.07, 6.45) is 0. The fourth-order valence-electron chi connectivity index (χ4n) is 1.31. The molecule has 0 spiro atoms. The van der Waals surface area contributed by atoms with Crippen LogP contribution in [0.1, 0.15) is 5.82 Å². The highest BCUT2D eigenvalue weighted by Gasteiger charge is 2.04. The van der Waals surface area contributed by atoms with E-state index in [2.05, 4.69) is 26.8 Å². The molecule has 1 aromatic carbocycles. The largest absolute Gasteiger partial charge is 0.383 e. The molecule has 1 heterocycles. The Morgan fingerprint density at radius 1 is 1.33 bits per heavy atom. The number of ether oxygens (including phenoxy) is 1. The van der Waals surface area contributed by atoms with E-state index in [9.17, 15) is 0 Å². The van der Waals surface area contributed by atoms with Crippen LogP contribution < -0.4 is 5.32 Å². The summed E-state index contributed by atoms with van der Waals surface area (Å²) < 4.78 is 9.28. The van der Waals surface area contributed by atoms with E-state index in [1.54, 1.807) is 18.9 Å². The third-order valence-electron chi connectivity index (χ3n) is 2.16. The third kappa shape index (κ3) is 4.29. The number of hydrogen-bond donors (Lipinski definition) is 1. The zero-order valence-corrected chi connectivity index (χ0v) is 11.8. The number of anilines is 1. The van der Waals surface area contributed by atoms with Gasteiger partial charge in [-0.2, -0.15) is 4.37 Å². The van der Waals surface area contributed by atoms with Gasteiger partial charge in [-0.25, -0.2) is 4.98 Å². The molecule has 0 aliphatic carbocycles. The number of benzene rings is 1. The molecule has 96 valence electrons. The van der Waals surface area contributed by atoms with Crippen molar-refractivity contribution in [3.8, 4) is 0 Å². The maximum atomic E-state index is 4.97. The van der Waals surface area contributed by atoms with Gasteiger partial charge in [0.25, 0.3) is 0 Å². The third-order valence-corrected chi connectivity index (χ3v) is 3.88. The monoisotopic (exact) mass is 281 g/mol. The number of rotatable bonds is 7. The van der Waals surface area contributed by atoms with Gasteiger partial charge in [0, 0.05) is 30.1 Å². The fraction of sp³-hybridized carbons (Fsp3) is 0.333. The zero-order valence-electron chi connectivity index (χ0n) is 10.1. The molecule has 18 heavy (non-hydrogen) atoms. The summed E-state index contributed by atoms with van der Waals surface area (Å²) in [6.45, 7) is 1.44. The molecule has 0 amide bonds. The molecule has 6 heteroatoms. The first kappa shape index (κ1) is 13.3. The smallest absolute Gasteiger partial charge is 0.202 e. The van der Waals surface area contributed by atoms with Crippen LogP contribution in [0.4, 0.5) is 5.13 Å². The highest BCUT2D eigenvalue weighted by atomic mass is 32.2. The van der Waals surface area contributed by atoms with Crippen LogP contribution in [0.25, 0.3) is 0 Å². The van der Waals surface area contributed by atoms with Gasteiger partial charge in [0.2, 0.25) is 5.13 Å². The van der Waals surface area contributed by atoms with Crippen molar-refractivity contribution in [2.75, 3.05) is 25.6 Å². The first-order chi connectivity index (χ1) is 8.88. The van der Waals surface area contributed by atoms with Crippen molar-refractivity contribution < 1.29 is 4.74 Å². The van der Waals surface area contributed by atoms with Crippen LogP contribution in [-0.2, 0) is 10.5 Å². The van der Waals surface area contributed by atoms with E-state index in [1.807, 2.05) is 18.2 Å². The highest BCUT2D eigenvalue weighted by Crippen LogP contribution is 2.22. The van der Waals surface area contributed by atoms with Crippen LogP contribution >= 0.6 is 23.3 Å². The topological polar surface area (TPSA) is 47.0 Å². The molecule has 4 nitrogen and oxygen atoms in total. The molecule has 1 aromatic heterocycles. The Morgan fingerprint density at radius 3 is 2.94 bits per heavy atom. The standard InChI is InChI=1S/C12H15N3OS2/c1-16-8-7-13-12-14-11(15-18-12)9-17-10-5-3-2-4-6-10/h2-6H,7-9H2,1H3,(H,13,14,15). The zero-order chi connectivity index (χ0) is 12.6. The van der Waals surface area contributed by atoms with Crippen LogP contribution in [0, 0.1) is 0 Å². The summed E-state index contributed by atoms with van der Waals surface area (Å²) in [5.41, 5.74) is 0. The molecule has 2 rings (SSSR count). The van der Waals surface area contributed by atoms with Crippen LogP contribution in [0.2, 0.25) is 0 Å². The Labute approximate surface area is 115 Å². The second-order valence-electron chi connectivity index (χ2n) is 3.54. The van der Waals surface area contributed by atoms with Crippen molar-refractivity contribution in [2.45, 2.75) is 10.6 Å². The summed E-state index contributed by atoms with van der Waals surface area (Å²) in [4.78, 5) is 5.65. The molecule has 0 unspecified atom stereocenters. The number of thioether (sulfide) groups is 1. The Bertz CT molecular complexity index is 461. The summed E-state index contributed by atoms with van der Waals surface area (Å²) >= 11 is 3.14. The molecular formula is C12H15N3OS2. The normalized spacial score (nSPS) is 10.5. The first-order valence-electron chi connectivity index (χ1n) is 5.62. The molecule has 0 radical (unpaired) electrons. The Kier molecular flexibility index (Phi) is 5.44. The van der Waals surface area contributed by atoms with Crippen LogP contribution in [0.3, 0.4) is 0 Å². The van der Waals surface area contributed by atoms with Gasteiger partial charge in [0.15, 0.2) is 5.82 Å². The van der Waals surface area contributed by atoms with Gasteiger partial charge in [0.05, 0.1) is 12.4 Å². The van der Waals surface area contributed by atoms with E-state index < -0.39 is 0 Å². The number of hydrogen-bond acceptors (Lipinski definition) is 6. The minimum Gasteiger partial charge on any atom is -0.383 e. The van der Waals surface area contributed by atoms with Gasteiger partial charge < -0.3 is 10.1 Å². The van der Waals surface area contributed by atoms with E-state index in [-0.39, 0.29) is 0 Å². The maximum absolute atomic E-state index is 4.97. The Hall–Kier alpha value is -1.11. The SMILES string of the molecule is COCCNc1nc(CSc2ccccc2)ns1. The van der Waals surface area contributed by atoms with E-state index in [0.29, 0.717) is 6.61 Å². The second-order valence-corrected chi connectivity index (χ2v) is 5.34. The quantitative estimate of drug-likeness (QED) is 0.624. The molecule has 0 saturated carbocycles. The molecule has 0 atom stereocenters. The van der Waals surface area contributed by atoms with Crippen LogP contribution in [-0.4, -0.2) is 29.6 Å². The van der Waals surface area contributed by atoms with Gasteiger partial charge in [-0.1, -0.05) is 18.2 Å². The van der Waals surface area contributed by atoms with E-state index in [1.165, 1.54) is 16.4 Å². The molecule has 2 aromatic rings. The summed E-state index contributed by atoms with van der Waals surface area (Å²) in [7, 11) is 1.68. The molecule has 0 fully saturated rings. The van der Waals surface area contributed by atoms with Crippen LogP contribution in [0.5, 0.6) is 0 Å². The predicted molar refractivity (Wildman–Crippen MR) is 76.3 cm³/mol. The molecule has 0 saturated heterocycles. The molecular weight excluding hydrogens is 266 g/mol. The lowest BCUT2D eigenvalue weighted by Gasteiger charge is -1.99. The number of aromatic nitrogens is 2.